The Hall–Kier alpha value is -1.84. The Balaban J connectivity index is 1.66. The summed E-state index contributed by atoms with van der Waals surface area (Å²) in [5.74, 6) is 0.705. The lowest BCUT2D eigenvalue weighted by Crippen LogP contribution is -2.45. The van der Waals surface area contributed by atoms with E-state index in [9.17, 15) is 9.59 Å². The van der Waals surface area contributed by atoms with Gasteiger partial charge >= 0.3 is 0 Å². The van der Waals surface area contributed by atoms with Crippen LogP contribution in [-0.4, -0.2) is 24.4 Å². The molecule has 2 aliphatic rings. The molecule has 2 saturated carbocycles. The number of hydrogen-bond donors (Lipinski definition) is 1. The van der Waals surface area contributed by atoms with Gasteiger partial charge in [-0.05, 0) is 44.7 Å². The fraction of sp³-hybridized carbons (Fsp3) is 0.529. The summed E-state index contributed by atoms with van der Waals surface area (Å²) in [7, 11) is 0. The van der Waals surface area contributed by atoms with Gasteiger partial charge in [0.15, 0.2) is 0 Å². The minimum Gasteiger partial charge on any atom is -0.352 e. The maximum atomic E-state index is 12.5. The molecule has 0 unspecified atom stereocenters. The number of amides is 2. The maximum Gasteiger partial charge on any atom is 0.230 e. The largest absolute Gasteiger partial charge is 0.352 e. The van der Waals surface area contributed by atoms with Crippen LogP contribution in [0.3, 0.4) is 0 Å². The van der Waals surface area contributed by atoms with Crippen molar-refractivity contribution in [3.8, 4) is 0 Å². The highest BCUT2D eigenvalue weighted by Gasteiger charge is 2.35. The van der Waals surface area contributed by atoms with Gasteiger partial charge in [-0.15, -0.1) is 0 Å². The van der Waals surface area contributed by atoms with Crippen LogP contribution in [-0.2, 0) is 9.59 Å². The van der Waals surface area contributed by atoms with E-state index in [4.69, 9.17) is 0 Å². The Morgan fingerprint density at radius 2 is 1.76 bits per heavy atom. The van der Waals surface area contributed by atoms with Crippen molar-refractivity contribution in [2.45, 2.75) is 38.6 Å². The zero-order valence-corrected chi connectivity index (χ0v) is 12.4. The molecule has 2 amide bonds. The average molecular weight is 286 g/mol. The third kappa shape index (κ3) is 3.63. The van der Waals surface area contributed by atoms with Crippen molar-refractivity contribution in [1.82, 2.24) is 5.32 Å². The highest BCUT2D eigenvalue weighted by atomic mass is 16.2. The normalized spacial score (nSPS) is 18.9. The topological polar surface area (TPSA) is 49.4 Å². The van der Waals surface area contributed by atoms with Gasteiger partial charge < -0.3 is 10.2 Å². The summed E-state index contributed by atoms with van der Waals surface area (Å²) in [4.78, 5) is 26.2. The molecule has 1 aromatic rings. The first-order valence-corrected chi connectivity index (χ1v) is 7.82. The van der Waals surface area contributed by atoms with Crippen LogP contribution in [0.25, 0.3) is 0 Å². The molecule has 2 aliphatic carbocycles. The van der Waals surface area contributed by atoms with E-state index in [0.717, 1.165) is 31.4 Å². The molecule has 1 atom stereocenters. The molecule has 1 N–H and O–H groups in total. The first-order valence-electron chi connectivity index (χ1n) is 7.82. The predicted molar refractivity (Wildman–Crippen MR) is 81.8 cm³/mol. The van der Waals surface area contributed by atoms with Gasteiger partial charge in [-0.1, -0.05) is 18.2 Å². The monoisotopic (exact) mass is 286 g/mol. The number of hydrogen-bond acceptors (Lipinski definition) is 2. The number of carbonyl (C=O) groups excluding carboxylic acids is 2. The van der Waals surface area contributed by atoms with Crippen molar-refractivity contribution < 1.29 is 9.59 Å². The van der Waals surface area contributed by atoms with Crippen LogP contribution >= 0.6 is 0 Å². The van der Waals surface area contributed by atoms with Crippen LogP contribution < -0.4 is 10.2 Å². The van der Waals surface area contributed by atoms with Crippen molar-refractivity contribution >= 4 is 17.5 Å². The van der Waals surface area contributed by atoms with Gasteiger partial charge in [-0.2, -0.15) is 0 Å². The minimum absolute atomic E-state index is 0.0268. The first-order chi connectivity index (χ1) is 10.1. The quantitative estimate of drug-likeness (QED) is 0.872. The second-order valence-corrected chi connectivity index (χ2v) is 6.24. The number of nitrogens with zero attached hydrogens (tertiary/aromatic N) is 1. The number of anilines is 1. The Kier molecular flexibility index (Phi) is 3.95. The van der Waals surface area contributed by atoms with E-state index in [2.05, 4.69) is 5.32 Å². The summed E-state index contributed by atoms with van der Waals surface area (Å²) in [5, 5.41) is 3.02. The summed E-state index contributed by atoms with van der Waals surface area (Å²) in [6.07, 6.45) is 3.99. The van der Waals surface area contributed by atoms with Gasteiger partial charge in [-0.25, -0.2) is 0 Å². The number of nitrogens with one attached hydrogen (secondary N) is 1. The van der Waals surface area contributed by atoms with Gasteiger partial charge in [0, 0.05) is 30.1 Å². The van der Waals surface area contributed by atoms with Crippen molar-refractivity contribution in [2.24, 2.45) is 11.8 Å². The molecule has 0 radical (unpaired) electrons. The standard InChI is InChI=1S/C17H22N2O2/c1-12(18-16(20)13-7-8-13)11-19(17(21)14-9-10-14)15-5-3-2-4-6-15/h2-6,12-14H,7-11H2,1H3,(H,18,20)/t12-/m1/s1. The third-order valence-electron chi connectivity index (χ3n) is 4.05. The van der Waals surface area contributed by atoms with E-state index < -0.39 is 0 Å². The molecule has 0 spiro atoms. The third-order valence-corrected chi connectivity index (χ3v) is 4.05. The lowest BCUT2D eigenvalue weighted by atomic mass is 10.2. The lowest BCUT2D eigenvalue weighted by molar-refractivity contribution is -0.123. The summed E-state index contributed by atoms with van der Waals surface area (Å²) in [5.41, 5.74) is 0.918. The van der Waals surface area contributed by atoms with E-state index >= 15 is 0 Å². The molecule has 0 aliphatic heterocycles. The van der Waals surface area contributed by atoms with Crippen molar-refractivity contribution in [3.05, 3.63) is 30.3 Å². The molecule has 3 rings (SSSR count). The van der Waals surface area contributed by atoms with Crippen LogP contribution in [0.1, 0.15) is 32.6 Å². The highest BCUT2D eigenvalue weighted by molar-refractivity contribution is 5.96. The average Bonchev–Trinajstić information content (AvgIpc) is 3.37. The molecule has 4 nitrogen and oxygen atoms in total. The van der Waals surface area contributed by atoms with Crippen LogP contribution in [0.4, 0.5) is 5.69 Å². The Bertz CT molecular complexity index is 521. The van der Waals surface area contributed by atoms with E-state index in [1.807, 2.05) is 42.2 Å². The molecule has 2 fully saturated rings. The second-order valence-electron chi connectivity index (χ2n) is 6.24. The van der Waals surface area contributed by atoms with Crippen molar-refractivity contribution in [1.29, 1.82) is 0 Å². The Morgan fingerprint density at radius 1 is 1.14 bits per heavy atom. The van der Waals surface area contributed by atoms with Crippen molar-refractivity contribution in [2.75, 3.05) is 11.4 Å². The lowest BCUT2D eigenvalue weighted by Gasteiger charge is -2.26. The zero-order chi connectivity index (χ0) is 14.8. The van der Waals surface area contributed by atoms with Gasteiger partial charge in [-0.3, -0.25) is 9.59 Å². The van der Waals surface area contributed by atoms with E-state index in [-0.39, 0.29) is 29.7 Å². The van der Waals surface area contributed by atoms with Gasteiger partial charge in [0.25, 0.3) is 0 Å². The molecule has 21 heavy (non-hydrogen) atoms. The number of para-hydroxylation sites is 1. The van der Waals surface area contributed by atoms with E-state index in [1.54, 1.807) is 0 Å². The molecule has 0 heterocycles. The summed E-state index contributed by atoms with van der Waals surface area (Å²) in [6.45, 7) is 2.51. The molecule has 112 valence electrons. The Labute approximate surface area is 125 Å². The SMILES string of the molecule is C[C@H](CN(C(=O)C1CC1)c1ccccc1)NC(=O)C1CC1. The predicted octanol–water partition coefficient (Wildman–Crippen LogP) is 2.34. The number of benzene rings is 1. The van der Waals surface area contributed by atoms with Gasteiger partial charge in [0.05, 0.1) is 0 Å². The van der Waals surface area contributed by atoms with Crippen LogP contribution in [0.5, 0.6) is 0 Å². The van der Waals surface area contributed by atoms with E-state index in [1.165, 1.54) is 0 Å². The maximum absolute atomic E-state index is 12.5. The number of rotatable bonds is 6. The molecule has 4 heteroatoms. The molecule has 1 aromatic carbocycles. The Morgan fingerprint density at radius 3 is 2.33 bits per heavy atom. The highest BCUT2D eigenvalue weighted by Crippen LogP contribution is 2.33. The molecular weight excluding hydrogens is 264 g/mol. The zero-order valence-electron chi connectivity index (χ0n) is 12.4. The molecule has 0 aromatic heterocycles. The first kappa shape index (κ1) is 14.1. The fourth-order valence-electron chi connectivity index (χ4n) is 2.51. The minimum atomic E-state index is -0.0268. The number of carbonyl (C=O) groups is 2. The van der Waals surface area contributed by atoms with Crippen LogP contribution in [0.15, 0.2) is 30.3 Å². The van der Waals surface area contributed by atoms with E-state index in [0.29, 0.717) is 6.54 Å². The smallest absolute Gasteiger partial charge is 0.230 e. The molecule has 0 saturated heterocycles. The fourth-order valence-corrected chi connectivity index (χ4v) is 2.51. The molecular formula is C17H22N2O2. The summed E-state index contributed by atoms with van der Waals surface area (Å²) in [6, 6.07) is 9.71. The van der Waals surface area contributed by atoms with Crippen LogP contribution in [0, 0.1) is 11.8 Å². The van der Waals surface area contributed by atoms with Crippen molar-refractivity contribution in [3.63, 3.8) is 0 Å². The van der Waals surface area contributed by atoms with Crippen LogP contribution in [0.2, 0.25) is 0 Å². The van der Waals surface area contributed by atoms with Gasteiger partial charge in [0.1, 0.15) is 0 Å². The summed E-state index contributed by atoms with van der Waals surface area (Å²) < 4.78 is 0. The molecule has 0 bridgehead atoms. The van der Waals surface area contributed by atoms with Gasteiger partial charge in [0.2, 0.25) is 11.8 Å². The second kappa shape index (κ2) is 5.88. The summed E-state index contributed by atoms with van der Waals surface area (Å²) >= 11 is 0.